The van der Waals surface area contributed by atoms with Crippen LogP contribution in [0.15, 0.2) is 4.52 Å². The molecule has 2 fully saturated rings. The molecule has 0 aromatic carbocycles. The number of likely N-dealkylation sites (tertiary alicyclic amines) is 1. The number of aromatic nitrogens is 2. The van der Waals surface area contributed by atoms with Crippen LogP contribution in [0.25, 0.3) is 0 Å². The van der Waals surface area contributed by atoms with Crippen molar-refractivity contribution in [2.24, 2.45) is 11.8 Å². The second-order valence-electron chi connectivity index (χ2n) is 7.55. The second kappa shape index (κ2) is 8.10. The van der Waals surface area contributed by atoms with Gasteiger partial charge in [-0.15, -0.1) is 0 Å². The van der Waals surface area contributed by atoms with E-state index in [0.717, 1.165) is 50.8 Å². The lowest BCUT2D eigenvalue weighted by Crippen LogP contribution is -2.42. The summed E-state index contributed by atoms with van der Waals surface area (Å²) in [6.45, 7) is 8.23. The lowest BCUT2D eigenvalue weighted by Gasteiger charge is -2.35. The second-order valence-corrected chi connectivity index (χ2v) is 7.55. The molecule has 1 amide bonds. The Morgan fingerprint density at radius 2 is 2.25 bits per heavy atom. The van der Waals surface area contributed by atoms with Crippen LogP contribution < -0.4 is 5.32 Å². The molecular formula is C18H30N4O2. The highest BCUT2D eigenvalue weighted by Gasteiger charge is 2.30. The number of nitrogens with one attached hydrogen (secondary N) is 1. The van der Waals surface area contributed by atoms with Crippen molar-refractivity contribution in [2.75, 3.05) is 26.2 Å². The summed E-state index contributed by atoms with van der Waals surface area (Å²) in [5, 5.41) is 7.42. The number of hydrogen-bond acceptors (Lipinski definition) is 5. The fourth-order valence-electron chi connectivity index (χ4n) is 3.85. The van der Waals surface area contributed by atoms with Gasteiger partial charge in [0.25, 0.3) is 0 Å². The standard InChI is InChI=1S/C18H30N4O2/c1-13(2)18-20-16(24-21-18)6-3-7-17(23)22-10-4-5-15(12-22)14-8-9-19-11-14/h13-15,19H,3-12H2,1-2H3. The van der Waals surface area contributed by atoms with Gasteiger partial charge in [0, 0.05) is 31.8 Å². The molecule has 3 rings (SSSR count). The minimum atomic E-state index is 0.277. The molecule has 1 aromatic heterocycles. The Bertz CT molecular complexity index is 537. The summed E-state index contributed by atoms with van der Waals surface area (Å²) in [5.41, 5.74) is 0. The third kappa shape index (κ3) is 4.35. The molecule has 0 aliphatic carbocycles. The lowest BCUT2D eigenvalue weighted by molar-refractivity contribution is -0.133. The van der Waals surface area contributed by atoms with Crippen LogP contribution in [0, 0.1) is 11.8 Å². The Morgan fingerprint density at radius 3 is 2.96 bits per heavy atom. The normalized spacial score (nSPS) is 24.7. The molecule has 3 heterocycles. The summed E-state index contributed by atoms with van der Waals surface area (Å²) in [4.78, 5) is 19.0. The first kappa shape index (κ1) is 17.4. The van der Waals surface area contributed by atoms with Gasteiger partial charge >= 0.3 is 0 Å². The molecule has 134 valence electrons. The van der Waals surface area contributed by atoms with Crippen molar-refractivity contribution in [3.8, 4) is 0 Å². The van der Waals surface area contributed by atoms with Crippen molar-refractivity contribution < 1.29 is 9.32 Å². The van der Waals surface area contributed by atoms with E-state index in [2.05, 4.69) is 20.4 Å². The Hall–Kier alpha value is -1.43. The van der Waals surface area contributed by atoms with Crippen LogP contribution >= 0.6 is 0 Å². The molecule has 1 aromatic rings. The van der Waals surface area contributed by atoms with Crippen LogP contribution in [0.5, 0.6) is 0 Å². The zero-order valence-corrected chi connectivity index (χ0v) is 15.0. The van der Waals surface area contributed by atoms with E-state index in [-0.39, 0.29) is 11.8 Å². The molecule has 2 atom stereocenters. The zero-order chi connectivity index (χ0) is 16.9. The molecule has 0 radical (unpaired) electrons. The maximum Gasteiger partial charge on any atom is 0.226 e. The van der Waals surface area contributed by atoms with E-state index in [9.17, 15) is 4.79 Å². The van der Waals surface area contributed by atoms with Gasteiger partial charge in [-0.25, -0.2) is 0 Å². The molecule has 6 nitrogen and oxygen atoms in total. The molecule has 0 spiro atoms. The highest BCUT2D eigenvalue weighted by Crippen LogP contribution is 2.28. The molecule has 24 heavy (non-hydrogen) atoms. The van der Waals surface area contributed by atoms with E-state index in [1.807, 2.05) is 13.8 Å². The largest absolute Gasteiger partial charge is 0.342 e. The first-order valence-electron chi connectivity index (χ1n) is 9.44. The van der Waals surface area contributed by atoms with Crippen LogP contribution in [0.4, 0.5) is 0 Å². The number of nitrogens with zero attached hydrogens (tertiary/aromatic N) is 3. The first-order valence-corrected chi connectivity index (χ1v) is 9.44. The monoisotopic (exact) mass is 334 g/mol. The molecule has 2 aliphatic heterocycles. The van der Waals surface area contributed by atoms with Crippen molar-refractivity contribution in [3.05, 3.63) is 11.7 Å². The van der Waals surface area contributed by atoms with E-state index in [1.54, 1.807) is 0 Å². The number of rotatable bonds is 6. The van der Waals surface area contributed by atoms with Gasteiger partial charge in [-0.05, 0) is 50.6 Å². The Balaban J connectivity index is 1.42. The average molecular weight is 334 g/mol. The molecule has 2 saturated heterocycles. The van der Waals surface area contributed by atoms with Crippen molar-refractivity contribution >= 4 is 5.91 Å². The third-order valence-corrected chi connectivity index (χ3v) is 5.36. The van der Waals surface area contributed by atoms with Gasteiger partial charge in [0.2, 0.25) is 11.8 Å². The Labute approximate surface area is 144 Å². The Morgan fingerprint density at radius 1 is 1.38 bits per heavy atom. The van der Waals surface area contributed by atoms with Gasteiger partial charge in [0.15, 0.2) is 5.82 Å². The summed E-state index contributed by atoms with van der Waals surface area (Å²) in [6, 6.07) is 0. The van der Waals surface area contributed by atoms with Gasteiger partial charge < -0.3 is 14.7 Å². The smallest absolute Gasteiger partial charge is 0.226 e. The average Bonchev–Trinajstić information content (AvgIpc) is 3.27. The fourth-order valence-corrected chi connectivity index (χ4v) is 3.85. The predicted octanol–water partition coefficient (Wildman–Crippen LogP) is 2.36. The zero-order valence-electron chi connectivity index (χ0n) is 15.0. The van der Waals surface area contributed by atoms with Crippen LogP contribution in [-0.2, 0) is 11.2 Å². The van der Waals surface area contributed by atoms with E-state index in [4.69, 9.17) is 4.52 Å². The topological polar surface area (TPSA) is 71.3 Å². The molecular weight excluding hydrogens is 304 g/mol. The number of hydrogen-bond donors (Lipinski definition) is 1. The van der Waals surface area contributed by atoms with Gasteiger partial charge in [-0.2, -0.15) is 4.98 Å². The maximum atomic E-state index is 12.5. The summed E-state index contributed by atoms with van der Waals surface area (Å²) in [7, 11) is 0. The number of piperidine rings is 1. The van der Waals surface area contributed by atoms with Crippen LogP contribution in [-0.4, -0.2) is 47.1 Å². The summed E-state index contributed by atoms with van der Waals surface area (Å²) in [5.74, 6) is 3.41. The summed E-state index contributed by atoms with van der Waals surface area (Å²) >= 11 is 0. The number of aryl methyl sites for hydroxylation is 1. The highest BCUT2D eigenvalue weighted by molar-refractivity contribution is 5.76. The quantitative estimate of drug-likeness (QED) is 0.865. The molecule has 2 aliphatic rings. The minimum Gasteiger partial charge on any atom is -0.342 e. The molecule has 1 N–H and O–H groups in total. The number of carbonyl (C=O) groups excluding carboxylic acids is 1. The number of carbonyl (C=O) groups is 1. The molecule has 0 saturated carbocycles. The predicted molar refractivity (Wildman–Crippen MR) is 91.6 cm³/mol. The van der Waals surface area contributed by atoms with Gasteiger partial charge in [0.05, 0.1) is 0 Å². The molecule has 0 bridgehead atoms. The Kier molecular flexibility index (Phi) is 5.87. The first-order chi connectivity index (χ1) is 11.6. The van der Waals surface area contributed by atoms with Gasteiger partial charge in [-0.3, -0.25) is 4.79 Å². The van der Waals surface area contributed by atoms with Crippen molar-refractivity contribution in [1.82, 2.24) is 20.4 Å². The maximum absolute atomic E-state index is 12.5. The summed E-state index contributed by atoms with van der Waals surface area (Å²) in [6.07, 6.45) is 5.74. The highest BCUT2D eigenvalue weighted by atomic mass is 16.5. The van der Waals surface area contributed by atoms with Crippen molar-refractivity contribution in [1.29, 1.82) is 0 Å². The van der Waals surface area contributed by atoms with Gasteiger partial charge in [0.1, 0.15) is 0 Å². The van der Waals surface area contributed by atoms with Gasteiger partial charge in [-0.1, -0.05) is 19.0 Å². The van der Waals surface area contributed by atoms with E-state index < -0.39 is 0 Å². The minimum absolute atomic E-state index is 0.277. The van der Waals surface area contributed by atoms with Crippen molar-refractivity contribution in [2.45, 2.75) is 58.3 Å². The SMILES string of the molecule is CC(C)c1noc(CCCC(=O)N2CCCC(C3CCNC3)C2)n1. The fraction of sp³-hybridized carbons (Fsp3) is 0.833. The van der Waals surface area contributed by atoms with E-state index in [0.29, 0.717) is 24.7 Å². The van der Waals surface area contributed by atoms with Crippen molar-refractivity contribution in [3.63, 3.8) is 0 Å². The van der Waals surface area contributed by atoms with E-state index >= 15 is 0 Å². The number of amides is 1. The summed E-state index contributed by atoms with van der Waals surface area (Å²) < 4.78 is 5.24. The van der Waals surface area contributed by atoms with Crippen LogP contribution in [0.3, 0.4) is 0 Å². The van der Waals surface area contributed by atoms with Crippen LogP contribution in [0.1, 0.15) is 63.6 Å². The third-order valence-electron chi connectivity index (χ3n) is 5.36. The van der Waals surface area contributed by atoms with E-state index in [1.165, 1.54) is 12.8 Å². The molecule has 6 heteroatoms. The lowest BCUT2D eigenvalue weighted by atomic mass is 9.85. The van der Waals surface area contributed by atoms with Crippen LogP contribution in [0.2, 0.25) is 0 Å². The molecule has 2 unspecified atom stereocenters.